The van der Waals surface area contributed by atoms with Gasteiger partial charge in [-0.2, -0.15) is 0 Å². The van der Waals surface area contributed by atoms with Crippen LogP contribution in [0.4, 0.5) is 10.1 Å². The third-order valence-electron chi connectivity index (χ3n) is 4.84. The number of carbonyl (C=O) groups excluding carboxylic acids is 1. The molecule has 0 saturated heterocycles. The Morgan fingerprint density at radius 3 is 2.17 bits per heavy atom. The number of hydrogen-bond acceptors (Lipinski definition) is 1. The summed E-state index contributed by atoms with van der Waals surface area (Å²) < 4.78 is 13.7. The van der Waals surface area contributed by atoms with Crippen molar-refractivity contribution in [2.24, 2.45) is 5.92 Å². The molecular formula is C21H34FNO. The molecule has 1 aromatic carbocycles. The lowest BCUT2D eigenvalue weighted by Gasteiger charge is -2.34. The molecule has 0 aliphatic carbocycles. The minimum Gasteiger partial charge on any atom is -0.309 e. The average Bonchev–Trinajstić information content (AvgIpc) is 2.58. The molecule has 3 heteroatoms. The highest BCUT2D eigenvalue weighted by atomic mass is 19.1. The van der Waals surface area contributed by atoms with Gasteiger partial charge in [-0.15, -0.1) is 0 Å². The Morgan fingerprint density at radius 1 is 1.12 bits per heavy atom. The van der Waals surface area contributed by atoms with E-state index >= 15 is 0 Å². The number of nitrogens with zero attached hydrogens (tertiary/aromatic N) is 1. The van der Waals surface area contributed by atoms with Crippen LogP contribution in [0.3, 0.4) is 0 Å². The summed E-state index contributed by atoms with van der Waals surface area (Å²) in [4.78, 5) is 15.0. The van der Waals surface area contributed by atoms with Crippen LogP contribution in [0.25, 0.3) is 0 Å². The van der Waals surface area contributed by atoms with E-state index in [0.29, 0.717) is 5.56 Å². The van der Waals surface area contributed by atoms with Gasteiger partial charge in [0.25, 0.3) is 0 Å². The van der Waals surface area contributed by atoms with Crippen LogP contribution in [0, 0.1) is 18.7 Å². The third-order valence-corrected chi connectivity index (χ3v) is 4.84. The number of rotatable bonds is 10. The number of anilines is 1. The van der Waals surface area contributed by atoms with Gasteiger partial charge in [-0.05, 0) is 49.9 Å². The van der Waals surface area contributed by atoms with Gasteiger partial charge >= 0.3 is 0 Å². The Morgan fingerprint density at radius 2 is 1.71 bits per heavy atom. The summed E-state index contributed by atoms with van der Waals surface area (Å²) in [6, 6.07) is 5.27. The third kappa shape index (κ3) is 5.61. The second-order valence-corrected chi connectivity index (χ2v) is 6.89. The molecule has 0 saturated carbocycles. The van der Waals surface area contributed by atoms with E-state index in [9.17, 15) is 9.18 Å². The fourth-order valence-electron chi connectivity index (χ4n) is 2.99. The lowest BCUT2D eigenvalue weighted by atomic mass is 9.98. The smallest absolute Gasteiger partial charge is 0.230 e. The standard InChI is InChI=1S/C21H34FNO/c1-6-9-11-18(12-10-7-2)23(21(24)16(4)8-3)19-13-14-20(22)17(5)15-19/h13-16,18H,6-12H2,1-5H3. The van der Waals surface area contributed by atoms with Crippen molar-refractivity contribution in [3.8, 4) is 0 Å². The second kappa shape index (κ2) is 10.5. The van der Waals surface area contributed by atoms with Gasteiger partial charge in [-0.1, -0.05) is 53.4 Å². The average molecular weight is 336 g/mol. The number of halogens is 1. The number of benzene rings is 1. The van der Waals surface area contributed by atoms with Gasteiger partial charge in [0.2, 0.25) is 5.91 Å². The Hall–Kier alpha value is -1.38. The molecule has 1 rings (SSSR count). The summed E-state index contributed by atoms with van der Waals surface area (Å²) in [5.41, 5.74) is 1.44. The van der Waals surface area contributed by atoms with Crippen LogP contribution in [0.5, 0.6) is 0 Å². The highest BCUT2D eigenvalue weighted by Gasteiger charge is 2.27. The van der Waals surface area contributed by atoms with Crippen LogP contribution in [0.15, 0.2) is 18.2 Å². The van der Waals surface area contributed by atoms with E-state index in [1.807, 2.05) is 24.8 Å². The summed E-state index contributed by atoms with van der Waals surface area (Å²) in [7, 11) is 0. The predicted molar refractivity (Wildman–Crippen MR) is 101 cm³/mol. The zero-order valence-electron chi connectivity index (χ0n) is 16.1. The van der Waals surface area contributed by atoms with Crippen LogP contribution in [0.1, 0.15) is 78.2 Å². The molecule has 1 atom stereocenters. The molecule has 0 heterocycles. The molecule has 0 N–H and O–H groups in total. The van der Waals surface area contributed by atoms with Crippen LogP contribution < -0.4 is 4.90 Å². The van der Waals surface area contributed by atoms with E-state index in [2.05, 4.69) is 13.8 Å². The maximum Gasteiger partial charge on any atom is 0.230 e. The van der Waals surface area contributed by atoms with Crippen molar-refractivity contribution >= 4 is 11.6 Å². The van der Waals surface area contributed by atoms with Crippen molar-refractivity contribution in [1.82, 2.24) is 0 Å². The molecule has 0 radical (unpaired) electrons. The molecule has 0 aromatic heterocycles. The topological polar surface area (TPSA) is 20.3 Å². The summed E-state index contributed by atoms with van der Waals surface area (Å²) in [5.74, 6) is -0.0600. The van der Waals surface area contributed by atoms with Gasteiger partial charge in [-0.25, -0.2) is 4.39 Å². The van der Waals surface area contributed by atoms with Crippen molar-refractivity contribution in [1.29, 1.82) is 0 Å². The molecule has 0 aliphatic heterocycles. The Kier molecular flexibility index (Phi) is 9.02. The molecule has 0 fully saturated rings. The second-order valence-electron chi connectivity index (χ2n) is 6.89. The van der Waals surface area contributed by atoms with Gasteiger partial charge in [-0.3, -0.25) is 4.79 Å². The lowest BCUT2D eigenvalue weighted by Crippen LogP contribution is -2.43. The first-order valence-electron chi connectivity index (χ1n) is 9.55. The summed E-state index contributed by atoms with van der Waals surface area (Å²) in [6.07, 6.45) is 7.30. The maximum atomic E-state index is 13.7. The maximum absolute atomic E-state index is 13.7. The van der Waals surface area contributed by atoms with E-state index < -0.39 is 0 Å². The molecule has 0 spiro atoms. The highest BCUT2D eigenvalue weighted by molar-refractivity contribution is 5.95. The van der Waals surface area contributed by atoms with Gasteiger partial charge < -0.3 is 4.90 Å². The number of unbranched alkanes of at least 4 members (excludes halogenated alkanes) is 2. The number of hydrogen-bond donors (Lipinski definition) is 0. The van der Waals surface area contributed by atoms with E-state index in [-0.39, 0.29) is 23.7 Å². The van der Waals surface area contributed by atoms with Crippen LogP contribution in [0.2, 0.25) is 0 Å². The van der Waals surface area contributed by atoms with Crippen molar-refractivity contribution in [3.05, 3.63) is 29.6 Å². The number of carbonyl (C=O) groups is 1. The molecule has 24 heavy (non-hydrogen) atoms. The fraction of sp³-hybridized carbons (Fsp3) is 0.667. The van der Waals surface area contributed by atoms with E-state index in [1.54, 1.807) is 13.0 Å². The molecule has 1 unspecified atom stereocenters. The minimum atomic E-state index is -0.214. The zero-order chi connectivity index (χ0) is 18.1. The first-order valence-corrected chi connectivity index (χ1v) is 9.55. The quantitative estimate of drug-likeness (QED) is 0.494. The van der Waals surface area contributed by atoms with Crippen molar-refractivity contribution in [2.45, 2.75) is 85.6 Å². The molecule has 136 valence electrons. The predicted octanol–water partition coefficient (Wildman–Crippen LogP) is 6.26. The highest BCUT2D eigenvalue weighted by Crippen LogP contribution is 2.27. The monoisotopic (exact) mass is 335 g/mol. The molecular weight excluding hydrogens is 301 g/mol. The van der Waals surface area contributed by atoms with Gasteiger partial charge in [0, 0.05) is 17.6 Å². The van der Waals surface area contributed by atoms with Crippen molar-refractivity contribution < 1.29 is 9.18 Å². The minimum absolute atomic E-state index is 0.0129. The normalized spacial score (nSPS) is 12.5. The Balaban J connectivity index is 3.21. The van der Waals surface area contributed by atoms with Gasteiger partial charge in [0.05, 0.1) is 0 Å². The Labute approximate surface area is 147 Å². The van der Waals surface area contributed by atoms with Crippen LogP contribution in [-0.4, -0.2) is 11.9 Å². The molecule has 1 aromatic rings. The van der Waals surface area contributed by atoms with E-state index in [4.69, 9.17) is 0 Å². The van der Waals surface area contributed by atoms with Gasteiger partial charge in [0.1, 0.15) is 5.82 Å². The number of amides is 1. The fourth-order valence-corrected chi connectivity index (χ4v) is 2.99. The summed E-state index contributed by atoms with van der Waals surface area (Å²) in [6.45, 7) is 10.2. The molecule has 0 aliphatic rings. The molecule has 0 bridgehead atoms. The number of aryl methyl sites for hydroxylation is 1. The SMILES string of the molecule is CCCCC(CCCC)N(C(=O)C(C)CC)c1ccc(F)c(C)c1. The first kappa shape index (κ1) is 20.7. The van der Waals surface area contributed by atoms with Crippen LogP contribution >= 0.6 is 0 Å². The lowest BCUT2D eigenvalue weighted by molar-refractivity contribution is -0.122. The van der Waals surface area contributed by atoms with E-state index in [1.165, 1.54) is 6.07 Å². The van der Waals surface area contributed by atoms with E-state index in [0.717, 1.165) is 50.6 Å². The molecule has 1 amide bonds. The zero-order valence-corrected chi connectivity index (χ0v) is 16.1. The largest absolute Gasteiger partial charge is 0.309 e. The first-order chi connectivity index (χ1) is 11.5. The van der Waals surface area contributed by atoms with Crippen molar-refractivity contribution in [2.75, 3.05) is 4.90 Å². The summed E-state index contributed by atoms with van der Waals surface area (Å²) in [5, 5.41) is 0. The van der Waals surface area contributed by atoms with Gasteiger partial charge in [0.15, 0.2) is 0 Å². The molecule has 2 nitrogen and oxygen atoms in total. The van der Waals surface area contributed by atoms with Crippen LogP contribution in [-0.2, 0) is 4.79 Å². The van der Waals surface area contributed by atoms with Crippen molar-refractivity contribution in [3.63, 3.8) is 0 Å². The Bertz CT molecular complexity index is 507. The summed E-state index contributed by atoms with van der Waals surface area (Å²) >= 11 is 0.